The summed E-state index contributed by atoms with van der Waals surface area (Å²) in [5, 5.41) is 0. The molecule has 0 bridgehead atoms. The van der Waals surface area contributed by atoms with Gasteiger partial charge in [0.25, 0.3) is 0 Å². The first-order valence-electron chi connectivity index (χ1n) is 8.27. The van der Waals surface area contributed by atoms with Crippen molar-refractivity contribution < 1.29 is 9.13 Å². The molecular formula is C19H18FN3O. The molecule has 0 aliphatic heterocycles. The van der Waals surface area contributed by atoms with Crippen LogP contribution in [0.3, 0.4) is 0 Å². The Morgan fingerprint density at radius 2 is 1.71 bits per heavy atom. The number of benzene rings is 1. The van der Waals surface area contributed by atoms with E-state index in [0.717, 1.165) is 29.6 Å². The molecule has 1 saturated carbocycles. The summed E-state index contributed by atoms with van der Waals surface area (Å²) in [5.74, 6) is 0.962. The van der Waals surface area contributed by atoms with Crippen LogP contribution in [0.2, 0.25) is 0 Å². The fourth-order valence-corrected chi connectivity index (χ4v) is 3.13. The lowest BCUT2D eigenvalue weighted by molar-refractivity contribution is 0.203. The minimum Gasteiger partial charge on any atom is -0.473 e. The maximum atomic E-state index is 13.1. The van der Waals surface area contributed by atoms with Crippen molar-refractivity contribution in [3.05, 3.63) is 48.0 Å². The summed E-state index contributed by atoms with van der Waals surface area (Å²) < 4.78 is 19.2. The number of ether oxygens (including phenoxy) is 1. The van der Waals surface area contributed by atoms with Gasteiger partial charge in [-0.1, -0.05) is 0 Å². The van der Waals surface area contributed by atoms with Crippen molar-refractivity contribution in [2.24, 2.45) is 0 Å². The average molecular weight is 323 g/mol. The van der Waals surface area contributed by atoms with Crippen molar-refractivity contribution in [2.75, 3.05) is 0 Å². The fourth-order valence-electron chi connectivity index (χ4n) is 3.13. The van der Waals surface area contributed by atoms with Gasteiger partial charge in [0, 0.05) is 5.56 Å². The third kappa shape index (κ3) is 2.94. The molecule has 1 fully saturated rings. The number of fused-ring (bicyclic) bond motifs is 1. The third-order valence-corrected chi connectivity index (χ3v) is 4.34. The number of hydrogen-bond donors (Lipinski definition) is 0. The number of aromatic nitrogens is 3. The first-order chi connectivity index (χ1) is 11.7. The van der Waals surface area contributed by atoms with Crippen molar-refractivity contribution in [3.63, 3.8) is 0 Å². The first kappa shape index (κ1) is 15.0. The van der Waals surface area contributed by atoms with Crippen molar-refractivity contribution in [1.29, 1.82) is 0 Å². The summed E-state index contributed by atoms with van der Waals surface area (Å²) in [5.41, 5.74) is 3.03. The lowest BCUT2D eigenvalue weighted by Crippen LogP contribution is -2.13. The van der Waals surface area contributed by atoms with Crippen molar-refractivity contribution >= 4 is 11.0 Å². The minimum absolute atomic E-state index is 0.207. The molecule has 2 heterocycles. The van der Waals surface area contributed by atoms with E-state index in [1.54, 1.807) is 12.1 Å². The van der Waals surface area contributed by atoms with Crippen LogP contribution in [0.25, 0.3) is 22.3 Å². The number of halogens is 1. The monoisotopic (exact) mass is 323 g/mol. The number of nitrogens with zero attached hydrogens (tertiary/aromatic N) is 3. The molecule has 0 atom stereocenters. The quantitative estimate of drug-likeness (QED) is 0.714. The summed E-state index contributed by atoms with van der Waals surface area (Å²) in [7, 11) is 0. The van der Waals surface area contributed by atoms with Gasteiger partial charge in [-0.15, -0.1) is 0 Å². The Morgan fingerprint density at radius 1 is 0.958 bits per heavy atom. The second-order valence-corrected chi connectivity index (χ2v) is 6.17. The predicted molar refractivity (Wildman–Crippen MR) is 90.3 cm³/mol. The minimum atomic E-state index is -0.260. The van der Waals surface area contributed by atoms with Crippen LogP contribution in [0.1, 0.15) is 31.5 Å². The molecule has 0 amide bonds. The van der Waals surface area contributed by atoms with Crippen LogP contribution in [0.5, 0.6) is 5.88 Å². The lowest BCUT2D eigenvalue weighted by Gasteiger charge is -2.14. The Hall–Kier alpha value is -2.56. The van der Waals surface area contributed by atoms with E-state index < -0.39 is 0 Å². The van der Waals surface area contributed by atoms with E-state index in [-0.39, 0.29) is 11.9 Å². The van der Waals surface area contributed by atoms with Gasteiger partial charge in [-0.25, -0.2) is 14.4 Å². The zero-order valence-electron chi connectivity index (χ0n) is 13.5. The molecule has 5 heteroatoms. The van der Waals surface area contributed by atoms with Crippen LogP contribution in [0, 0.1) is 12.7 Å². The highest BCUT2D eigenvalue weighted by Crippen LogP contribution is 2.29. The summed E-state index contributed by atoms with van der Waals surface area (Å²) in [6.45, 7) is 1.86. The molecule has 1 aliphatic carbocycles. The smallest absolute Gasteiger partial charge is 0.244 e. The zero-order valence-corrected chi connectivity index (χ0v) is 13.5. The highest BCUT2D eigenvalue weighted by Gasteiger charge is 2.20. The maximum absolute atomic E-state index is 13.1. The predicted octanol–water partition coefficient (Wildman–Crippen LogP) is 4.46. The van der Waals surface area contributed by atoms with Crippen molar-refractivity contribution in [3.8, 4) is 17.1 Å². The van der Waals surface area contributed by atoms with Crippen LogP contribution in [0.15, 0.2) is 36.4 Å². The number of aryl methyl sites for hydroxylation is 1. The molecule has 1 aromatic carbocycles. The highest BCUT2D eigenvalue weighted by molar-refractivity contribution is 5.82. The largest absolute Gasteiger partial charge is 0.473 e. The van der Waals surface area contributed by atoms with Crippen LogP contribution in [-0.4, -0.2) is 21.1 Å². The van der Waals surface area contributed by atoms with E-state index >= 15 is 0 Å². The molecule has 3 aromatic rings. The standard InChI is InChI=1S/C19H18FN3O/c1-12-21-17-11-10-16(13-6-8-14(20)9-7-13)23-18(17)19(22-12)24-15-4-2-3-5-15/h6-11,15H,2-5H2,1H3. The average Bonchev–Trinajstić information content (AvgIpc) is 3.08. The van der Waals surface area contributed by atoms with Crippen molar-refractivity contribution in [2.45, 2.75) is 38.7 Å². The van der Waals surface area contributed by atoms with Gasteiger partial charge in [-0.05, 0) is 69.0 Å². The molecule has 4 rings (SSSR count). The molecule has 122 valence electrons. The number of rotatable bonds is 3. The van der Waals surface area contributed by atoms with Crippen LogP contribution in [-0.2, 0) is 0 Å². The molecule has 2 aromatic heterocycles. The van der Waals surface area contributed by atoms with E-state index in [1.165, 1.54) is 25.0 Å². The van der Waals surface area contributed by atoms with E-state index in [0.29, 0.717) is 17.2 Å². The summed E-state index contributed by atoms with van der Waals surface area (Å²) >= 11 is 0. The van der Waals surface area contributed by atoms with Crippen molar-refractivity contribution in [1.82, 2.24) is 15.0 Å². The SMILES string of the molecule is Cc1nc(OC2CCCC2)c2nc(-c3ccc(F)cc3)ccc2n1. The molecule has 0 saturated heterocycles. The normalized spacial score (nSPS) is 15.1. The topological polar surface area (TPSA) is 47.9 Å². The van der Waals surface area contributed by atoms with Gasteiger partial charge in [0.05, 0.1) is 11.2 Å². The van der Waals surface area contributed by atoms with E-state index in [9.17, 15) is 4.39 Å². The molecule has 0 radical (unpaired) electrons. The van der Waals surface area contributed by atoms with Crippen LogP contribution < -0.4 is 4.74 Å². The maximum Gasteiger partial charge on any atom is 0.244 e. The third-order valence-electron chi connectivity index (χ3n) is 4.34. The summed E-state index contributed by atoms with van der Waals surface area (Å²) in [6.07, 6.45) is 4.71. The Labute approximate surface area is 139 Å². The Morgan fingerprint density at radius 3 is 2.46 bits per heavy atom. The molecule has 4 nitrogen and oxygen atoms in total. The van der Waals surface area contributed by atoms with Gasteiger partial charge >= 0.3 is 0 Å². The zero-order chi connectivity index (χ0) is 16.5. The second-order valence-electron chi connectivity index (χ2n) is 6.17. The fraction of sp³-hybridized carbons (Fsp3) is 0.316. The van der Waals surface area contributed by atoms with Gasteiger partial charge in [0.2, 0.25) is 5.88 Å². The number of pyridine rings is 1. The van der Waals surface area contributed by atoms with Crippen LogP contribution in [0.4, 0.5) is 4.39 Å². The molecule has 0 N–H and O–H groups in total. The van der Waals surface area contributed by atoms with Gasteiger partial charge < -0.3 is 4.74 Å². The van der Waals surface area contributed by atoms with E-state index in [2.05, 4.69) is 15.0 Å². The Balaban J connectivity index is 1.78. The second kappa shape index (κ2) is 6.15. The molecule has 1 aliphatic rings. The Kier molecular flexibility index (Phi) is 3.84. The highest BCUT2D eigenvalue weighted by atomic mass is 19.1. The number of hydrogen-bond acceptors (Lipinski definition) is 4. The molecular weight excluding hydrogens is 305 g/mol. The molecule has 24 heavy (non-hydrogen) atoms. The summed E-state index contributed by atoms with van der Waals surface area (Å²) in [6, 6.07) is 10.1. The van der Waals surface area contributed by atoms with E-state index in [4.69, 9.17) is 4.74 Å². The summed E-state index contributed by atoms with van der Waals surface area (Å²) in [4.78, 5) is 13.6. The van der Waals surface area contributed by atoms with Crippen LogP contribution >= 0.6 is 0 Å². The molecule has 0 spiro atoms. The van der Waals surface area contributed by atoms with Gasteiger partial charge in [0.15, 0.2) is 5.52 Å². The van der Waals surface area contributed by atoms with Gasteiger partial charge in [0.1, 0.15) is 17.7 Å². The lowest BCUT2D eigenvalue weighted by atomic mass is 10.1. The Bertz CT molecular complexity index is 874. The van der Waals surface area contributed by atoms with Gasteiger partial charge in [-0.2, -0.15) is 4.98 Å². The van der Waals surface area contributed by atoms with E-state index in [1.807, 2.05) is 19.1 Å². The first-order valence-corrected chi connectivity index (χ1v) is 8.27. The molecule has 0 unspecified atom stereocenters. The van der Waals surface area contributed by atoms with Gasteiger partial charge in [-0.3, -0.25) is 0 Å².